The lowest BCUT2D eigenvalue weighted by atomic mass is 10.2. The summed E-state index contributed by atoms with van der Waals surface area (Å²) in [5.41, 5.74) is 4.12. The maximum Gasteiger partial charge on any atom is 0.255 e. The molecule has 0 spiro atoms. The molecule has 2 aromatic heterocycles. The van der Waals surface area contributed by atoms with Gasteiger partial charge in [0.05, 0.1) is 5.69 Å². The van der Waals surface area contributed by atoms with E-state index in [2.05, 4.69) is 26.2 Å². The topological polar surface area (TPSA) is 55.6 Å². The van der Waals surface area contributed by atoms with E-state index in [1.807, 2.05) is 66.2 Å². The second-order valence-corrected chi connectivity index (χ2v) is 7.35. The smallest absolute Gasteiger partial charge is 0.255 e. The number of hydrogen-bond donors (Lipinski definition) is 1. The number of aromatic nitrogens is 2. The number of imidazole rings is 1. The van der Waals surface area contributed by atoms with Gasteiger partial charge < -0.3 is 14.5 Å². The molecule has 5 nitrogen and oxygen atoms in total. The monoisotopic (exact) mass is 435 g/mol. The molecule has 0 bridgehead atoms. The maximum absolute atomic E-state index is 12.5. The fourth-order valence-corrected chi connectivity index (χ4v) is 3.33. The molecule has 0 aliphatic carbocycles. The van der Waals surface area contributed by atoms with Crippen molar-refractivity contribution in [1.82, 2.24) is 9.38 Å². The van der Waals surface area contributed by atoms with Gasteiger partial charge >= 0.3 is 0 Å². The molecule has 2 heterocycles. The molecule has 0 unspecified atom stereocenters. The Morgan fingerprint density at radius 3 is 2.82 bits per heavy atom. The van der Waals surface area contributed by atoms with Crippen LogP contribution >= 0.6 is 15.9 Å². The largest absolute Gasteiger partial charge is 0.487 e. The second kappa shape index (κ2) is 7.86. The summed E-state index contributed by atoms with van der Waals surface area (Å²) in [6, 6.07) is 18.6. The molecule has 2 aromatic carbocycles. The van der Waals surface area contributed by atoms with Crippen molar-refractivity contribution < 1.29 is 9.53 Å². The van der Waals surface area contributed by atoms with Crippen LogP contribution in [-0.4, -0.2) is 15.3 Å². The van der Waals surface area contributed by atoms with Crippen molar-refractivity contribution in [2.45, 2.75) is 13.5 Å². The average Bonchev–Trinajstić information content (AvgIpc) is 3.11. The van der Waals surface area contributed by atoms with Crippen LogP contribution in [0.1, 0.15) is 21.6 Å². The molecule has 0 saturated carbocycles. The summed E-state index contributed by atoms with van der Waals surface area (Å²) in [6.07, 6.45) is 3.91. The van der Waals surface area contributed by atoms with E-state index >= 15 is 0 Å². The fourth-order valence-electron chi connectivity index (χ4n) is 2.93. The minimum absolute atomic E-state index is 0.188. The number of benzene rings is 2. The minimum Gasteiger partial charge on any atom is -0.487 e. The van der Waals surface area contributed by atoms with E-state index in [1.165, 1.54) is 0 Å². The Labute approximate surface area is 171 Å². The number of nitrogens with zero attached hydrogens (tertiary/aromatic N) is 2. The predicted molar refractivity (Wildman–Crippen MR) is 113 cm³/mol. The van der Waals surface area contributed by atoms with Gasteiger partial charge in [0, 0.05) is 28.1 Å². The molecule has 1 amide bonds. The lowest BCUT2D eigenvalue weighted by molar-refractivity contribution is 0.102. The van der Waals surface area contributed by atoms with Crippen LogP contribution in [0.2, 0.25) is 0 Å². The summed E-state index contributed by atoms with van der Waals surface area (Å²) in [6.45, 7) is 2.36. The Morgan fingerprint density at radius 1 is 1.14 bits per heavy atom. The van der Waals surface area contributed by atoms with Gasteiger partial charge in [-0.3, -0.25) is 4.79 Å². The van der Waals surface area contributed by atoms with Gasteiger partial charge in [-0.25, -0.2) is 4.98 Å². The SMILES string of the molecule is Cc1cccn2cc(COc3cccc(C(=O)Nc4cccc(Br)c4)c3)nc12. The number of amides is 1. The van der Waals surface area contributed by atoms with E-state index < -0.39 is 0 Å². The van der Waals surface area contributed by atoms with Crippen molar-refractivity contribution in [3.63, 3.8) is 0 Å². The van der Waals surface area contributed by atoms with Crippen LogP contribution in [0.4, 0.5) is 5.69 Å². The Morgan fingerprint density at radius 2 is 2.00 bits per heavy atom. The third-order valence-corrected chi connectivity index (χ3v) is 4.79. The molecule has 6 heteroatoms. The zero-order chi connectivity index (χ0) is 19.5. The molecule has 0 aliphatic heterocycles. The van der Waals surface area contributed by atoms with Gasteiger partial charge in [0.1, 0.15) is 18.0 Å². The van der Waals surface area contributed by atoms with Crippen LogP contribution in [0.5, 0.6) is 5.75 Å². The average molecular weight is 436 g/mol. The number of hydrogen-bond acceptors (Lipinski definition) is 3. The molecule has 0 saturated heterocycles. The number of anilines is 1. The maximum atomic E-state index is 12.5. The van der Waals surface area contributed by atoms with E-state index in [0.717, 1.165) is 27.1 Å². The Hall–Kier alpha value is -3.12. The number of fused-ring (bicyclic) bond motifs is 1. The van der Waals surface area contributed by atoms with Crippen molar-refractivity contribution in [2.75, 3.05) is 5.32 Å². The highest BCUT2D eigenvalue weighted by Crippen LogP contribution is 2.19. The molecule has 0 aliphatic rings. The summed E-state index contributed by atoms with van der Waals surface area (Å²) in [5.74, 6) is 0.433. The number of aryl methyl sites for hydroxylation is 1. The van der Waals surface area contributed by atoms with E-state index in [0.29, 0.717) is 17.9 Å². The highest BCUT2D eigenvalue weighted by atomic mass is 79.9. The second-order valence-electron chi connectivity index (χ2n) is 6.44. The third kappa shape index (κ3) is 4.07. The highest BCUT2D eigenvalue weighted by molar-refractivity contribution is 9.10. The lowest BCUT2D eigenvalue weighted by Gasteiger charge is -2.08. The van der Waals surface area contributed by atoms with E-state index in [1.54, 1.807) is 18.2 Å². The van der Waals surface area contributed by atoms with Gasteiger partial charge in [-0.2, -0.15) is 0 Å². The van der Waals surface area contributed by atoms with Gasteiger partial charge in [-0.1, -0.05) is 34.1 Å². The van der Waals surface area contributed by atoms with Crippen molar-refractivity contribution in [3.8, 4) is 5.75 Å². The molecule has 4 aromatic rings. The first-order valence-electron chi connectivity index (χ1n) is 8.81. The number of pyridine rings is 1. The summed E-state index contributed by atoms with van der Waals surface area (Å²) in [4.78, 5) is 17.1. The summed E-state index contributed by atoms with van der Waals surface area (Å²) < 4.78 is 8.75. The number of ether oxygens (including phenoxy) is 1. The van der Waals surface area contributed by atoms with E-state index in [4.69, 9.17) is 4.74 Å². The molecular formula is C22H18BrN3O2. The number of rotatable bonds is 5. The van der Waals surface area contributed by atoms with Crippen LogP contribution in [-0.2, 0) is 6.61 Å². The minimum atomic E-state index is -0.188. The molecule has 4 rings (SSSR count). The predicted octanol–water partition coefficient (Wildman–Crippen LogP) is 5.24. The fraction of sp³-hybridized carbons (Fsp3) is 0.0909. The molecular weight excluding hydrogens is 418 g/mol. The van der Waals surface area contributed by atoms with Crippen LogP contribution in [0.25, 0.3) is 5.65 Å². The standard InChI is InChI=1S/C22H18BrN3O2/c1-15-5-4-10-26-13-19(24-21(15)26)14-28-20-9-2-6-16(11-20)22(27)25-18-8-3-7-17(23)12-18/h2-13H,14H2,1H3,(H,25,27). The summed E-state index contributed by atoms with van der Waals surface area (Å²) in [5, 5.41) is 2.88. The number of carbonyl (C=O) groups is 1. The van der Waals surface area contributed by atoms with Gasteiger partial charge in [0.25, 0.3) is 5.91 Å². The normalized spacial score (nSPS) is 10.8. The molecule has 0 radical (unpaired) electrons. The molecule has 0 atom stereocenters. The Balaban J connectivity index is 1.45. The van der Waals surface area contributed by atoms with Crippen molar-refractivity contribution >= 4 is 33.2 Å². The van der Waals surface area contributed by atoms with Crippen LogP contribution in [0, 0.1) is 6.92 Å². The van der Waals surface area contributed by atoms with Crippen molar-refractivity contribution in [3.05, 3.63) is 94.4 Å². The van der Waals surface area contributed by atoms with Gasteiger partial charge in [0.2, 0.25) is 0 Å². The first-order chi connectivity index (χ1) is 13.6. The van der Waals surface area contributed by atoms with E-state index in [9.17, 15) is 4.79 Å². The molecule has 28 heavy (non-hydrogen) atoms. The van der Waals surface area contributed by atoms with Crippen molar-refractivity contribution in [1.29, 1.82) is 0 Å². The molecule has 1 N–H and O–H groups in total. The molecule has 140 valence electrons. The highest BCUT2D eigenvalue weighted by Gasteiger charge is 2.09. The van der Waals surface area contributed by atoms with E-state index in [-0.39, 0.29) is 5.91 Å². The Bertz CT molecular complexity index is 1150. The van der Waals surface area contributed by atoms with Crippen LogP contribution in [0.15, 0.2) is 77.5 Å². The van der Waals surface area contributed by atoms with Crippen molar-refractivity contribution in [2.24, 2.45) is 0 Å². The van der Waals surface area contributed by atoms with Crippen LogP contribution in [0.3, 0.4) is 0 Å². The first kappa shape index (κ1) is 18.3. The lowest BCUT2D eigenvalue weighted by Crippen LogP contribution is -2.12. The third-order valence-electron chi connectivity index (χ3n) is 4.29. The van der Waals surface area contributed by atoms with Crippen LogP contribution < -0.4 is 10.1 Å². The van der Waals surface area contributed by atoms with Gasteiger partial charge in [-0.15, -0.1) is 0 Å². The van der Waals surface area contributed by atoms with Gasteiger partial charge in [0.15, 0.2) is 0 Å². The summed E-state index contributed by atoms with van der Waals surface area (Å²) >= 11 is 3.40. The zero-order valence-electron chi connectivity index (χ0n) is 15.2. The number of carbonyl (C=O) groups excluding carboxylic acids is 1. The number of nitrogens with one attached hydrogen (secondary N) is 1. The van der Waals surface area contributed by atoms with Gasteiger partial charge in [-0.05, 0) is 55.0 Å². The zero-order valence-corrected chi connectivity index (χ0v) is 16.8. The summed E-state index contributed by atoms with van der Waals surface area (Å²) in [7, 11) is 0. The quantitative estimate of drug-likeness (QED) is 0.466. The molecule has 0 fully saturated rings. The first-order valence-corrected chi connectivity index (χ1v) is 9.61. The Kier molecular flexibility index (Phi) is 5.12. The number of halogens is 1.